The fourth-order valence-electron chi connectivity index (χ4n) is 2.45. The van der Waals surface area contributed by atoms with Crippen molar-refractivity contribution in [2.24, 2.45) is 0 Å². The maximum atomic E-state index is 5.93. The number of H-pyrrole nitrogens is 1. The molecule has 0 radical (unpaired) electrons. The van der Waals surface area contributed by atoms with Crippen LogP contribution < -0.4 is 0 Å². The van der Waals surface area contributed by atoms with Gasteiger partial charge in [-0.15, -0.1) is 0 Å². The van der Waals surface area contributed by atoms with Gasteiger partial charge in [-0.3, -0.25) is 5.10 Å². The van der Waals surface area contributed by atoms with Gasteiger partial charge in [-0.25, -0.2) is 0 Å². The molecule has 3 nitrogen and oxygen atoms in total. The van der Waals surface area contributed by atoms with Gasteiger partial charge in [0.2, 0.25) is 0 Å². The highest BCUT2D eigenvalue weighted by molar-refractivity contribution is 5.15. The molecule has 1 N–H and O–H groups in total. The summed E-state index contributed by atoms with van der Waals surface area (Å²) in [5, 5.41) is 7.00. The lowest BCUT2D eigenvalue weighted by Gasteiger charge is -2.22. The molecule has 0 aliphatic carbocycles. The summed E-state index contributed by atoms with van der Waals surface area (Å²) < 4.78 is 5.93. The van der Waals surface area contributed by atoms with E-state index >= 15 is 0 Å². The molecule has 0 aromatic carbocycles. The summed E-state index contributed by atoms with van der Waals surface area (Å²) in [5.41, 5.74) is 1.18. The number of hydrogen-bond donors (Lipinski definition) is 1. The lowest BCUT2D eigenvalue weighted by atomic mass is 9.86. The fraction of sp³-hybridized carbons (Fsp3) is 0.667. The number of fused-ring (bicyclic) bond motifs is 2. The standard InChI is InChI=1S/C9H12N2O/c1-4-9(5-2-7(1)12-9)8-3-6-10-11-8/h3,6-7H,1-2,4-5H2,(H,10,11). The van der Waals surface area contributed by atoms with E-state index in [2.05, 4.69) is 10.2 Å². The van der Waals surface area contributed by atoms with E-state index in [1.807, 2.05) is 6.07 Å². The molecule has 3 rings (SSSR count). The van der Waals surface area contributed by atoms with Gasteiger partial charge < -0.3 is 4.74 Å². The van der Waals surface area contributed by atoms with E-state index in [9.17, 15) is 0 Å². The summed E-state index contributed by atoms with van der Waals surface area (Å²) in [7, 11) is 0. The minimum Gasteiger partial charge on any atom is -0.365 e. The van der Waals surface area contributed by atoms with Crippen LogP contribution in [-0.4, -0.2) is 16.3 Å². The van der Waals surface area contributed by atoms with Crippen LogP contribution in [0.5, 0.6) is 0 Å². The number of hydrogen-bond acceptors (Lipinski definition) is 2. The van der Waals surface area contributed by atoms with Crippen LogP contribution in [0.15, 0.2) is 12.3 Å². The second-order valence-electron chi connectivity index (χ2n) is 3.78. The first kappa shape index (κ1) is 6.66. The van der Waals surface area contributed by atoms with Crippen molar-refractivity contribution in [3.8, 4) is 0 Å². The van der Waals surface area contributed by atoms with E-state index in [-0.39, 0.29) is 5.60 Å². The molecule has 2 aliphatic heterocycles. The van der Waals surface area contributed by atoms with Gasteiger partial charge in [-0.05, 0) is 31.7 Å². The quantitative estimate of drug-likeness (QED) is 0.684. The van der Waals surface area contributed by atoms with Crippen molar-refractivity contribution in [2.75, 3.05) is 0 Å². The van der Waals surface area contributed by atoms with E-state index in [1.165, 1.54) is 31.4 Å². The van der Waals surface area contributed by atoms with Crippen molar-refractivity contribution in [3.63, 3.8) is 0 Å². The SMILES string of the molecule is c1cc(C23CCC(CC2)O3)[nH]n1. The van der Waals surface area contributed by atoms with Crippen LogP contribution >= 0.6 is 0 Å². The second-order valence-corrected chi connectivity index (χ2v) is 3.78. The number of nitrogens with one attached hydrogen (secondary N) is 1. The maximum absolute atomic E-state index is 5.93. The highest BCUT2D eigenvalue weighted by Crippen LogP contribution is 2.49. The Kier molecular flexibility index (Phi) is 1.17. The zero-order valence-electron chi connectivity index (χ0n) is 6.92. The van der Waals surface area contributed by atoms with E-state index in [0.29, 0.717) is 6.10 Å². The lowest BCUT2D eigenvalue weighted by Crippen LogP contribution is -2.21. The molecule has 1 aromatic rings. The molecule has 2 bridgehead atoms. The first-order chi connectivity index (χ1) is 5.89. The largest absolute Gasteiger partial charge is 0.365 e. The molecule has 0 amide bonds. The van der Waals surface area contributed by atoms with Crippen LogP contribution in [0, 0.1) is 0 Å². The predicted octanol–water partition coefficient (Wildman–Crippen LogP) is 1.58. The van der Waals surface area contributed by atoms with Gasteiger partial charge in [-0.1, -0.05) is 0 Å². The highest BCUT2D eigenvalue weighted by Gasteiger charge is 2.48. The minimum absolute atomic E-state index is 0.0150. The molecule has 2 saturated heterocycles. The number of nitrogens with zero attached hydrogens (tertiary/aromatic N) is 1. The Labute approximate surface area is 71.1 Å². The smallest absolute Gasteiger partial charge is 0.110 e. The molecular weight excluding hydrogens is 152 g/mol. The molecule has 3 heteroatoms. The Bertz CT molecular complexity index is 273. The summed E-state index contributed by atoms with van der Waals surface area (Å²) in [6, 6.07) is 2.04. The normalized spacial score (nSPS) is 39.2. The van der Waals surface area contributed by atoms with E-state index in [1.54, 1.807) is 6.20 Å². The fourth-order valence-corrected chi connectivity index (χ4v) is 2.45. The van der Waals surface area contributed by atoms with E-state index in [4.69, 9.17) is 4.74 Å². The third kappa shape index (κ3) is 0.719. The van der Waals surface area contributed by atoms with Gasteiger partial charge in [-0.2, -0.15) is 5.10 Å². The first-order valence-electron chi connectivity index (χ1n) is 4.57. The van der Waals surface area contributed by atoms with Crippen molar-refractivity contribution in [2.45, 2.75) is 37.4 Å². The van der Waals surface area contributed by atoms with Gasteiger partial charge in [0.15, 0.2) is 0 Å². The van der Waals surface area contributed by atoms with Crippen molar-refractivity contribution in [3.05, 3.63) is 18.0 Å². The Morgan fingerprint density at radius 2 is 2.33 bits per heavy atom. The third-order valence-electron chi connectivity index (χ3n) is 3.12. The van der Waals surface area contributed by atoms with Crippen LogP contribution in [0.4, 0.5) is 0 Å². The Morgan fingerprint density at radius 3 is 2.83 bits per heavy atom. The first-order valence-corrected chi connectivity index (χ1v) is 4.57. The van der Waals surface area contributed by atoms with Gasteiger partial charge in [0.05, 0.1) is 11.8 Å². The number of aromatic amines is 1. The van der Waals surface area contributed by atoms with Crippen LogP contribution in [-0.2, 0) is 10.3 Å². The van der Waals surface area contributed by atoms with Crippen molar-refractivity contribution < 1.29 is 4.74 Å². The topological polar surface area (TPSA) is 37.9 Å². The molecule has 2 aliphatic rings. The van der Waals surface area contributed by atoms with E-state index in [0.717, 1.165) is 0 Å². The van der Waals surface area contributed by atoms with Crippen LogP contribution in [0.2, 0.25) is 0 Å². The average Bonchev–Trinajstić information content (AvgIpc) is 2.82. The molecule has 64 valence electrons. The van der Waals surface area contributed by atoms with Gasteiger partial charge in [0.1, 0.15) is 5.60 Å². The Balaban J connectivity index is 2.01. The van der Waals surface area contributed by atoms with Gasteiger partial charge in [0.25, 0.3) is 0 Å². The summed E-state index contributed by atoms with van der Waals surface area (Å²) >= 11 is 0. The van der Waals surface area contributed by atoms with Crippen molar-refractivity contribution >= 4 is 0 Å². The average molecular weight is 164 g/mol. The van der Waals surface area contributed by atoms with E-state index < -0.39 is 0 Å². The van der Waals surface area contributed by atoms with Gasteiger partial charge in [0, 0.05) is 6.20 Å². The van der Waals surface area contributed by atoms with Crippen molar-refractivity contribution in [1.29, 1.82) is 0 Å². The highest BCUT2D eigenvalue weighted by atomic mass is 16.5. The Hall–Kier alpha value is -0.830. The number of aromatic nitrogens is 2. The molecule has 0 saturated carbocycles. The number of ether oxygens (including phenoxy) is 1. The maximum Gasteiger partial charge on any atom is 0.110 e. The zero-order valence-corrected chi connectivity index (χ0v) is 6.92. The zero-order chi connectivity index (χ0) is 8.02. The Morgan fingerprint density at radius 1 is 1.50 bits per heavy atom. The second kappa shape index (κ2) is 2.10. The van der Waals surface area contributed by atoms with Crippen molar-refractivity contribution in [1.82, 2.24) is 10.2 Å². The molecule has 0 spiro atoms. The molecule has 12 heavy (non-hydrogen) atoms. The van der Waals surface area contributed by atoms with Crippen LogP contribution in [0.3, 0.4) is 0 Å². The monoisotopic (exact) mass is 164 g/mol. The number of rotatable bonds is 1. The molecule has 0 atom stereocenters. The summed E-state index contributed by atoms with van der Waals surface area (Å²) in [6.45, 7) is 0. The predicted molar refractivity (Wildman–Crippen MR) is 43.6 cm³/mol. The van der Waals surface area contributed by atoms with Crippen LogP contribution in [0.25, 0.3) is 0 Å². The molecule has 0 unspecified atom stereocenters. The molecule has 2 fully saturated rings. The molecule has 3 heterocycles. The van der Waals surface area contributed by atoms with Gasteiger partial charge >= 0.3 is 0 Å². The molecule has 1 aromatic heterocycles. The summed E-state index contributed by atoms with van der Waals surface area (Å²) in [6.07, 6.45) is 7.10. The summed E-state index contributed by atoms with van der Waals surface area (Å²) in [5.74, 6) is 0. The summed E-state index contributed by atoms with van der Waals surface area (Å²) in [4.78, 5) is 0. The minimum atomic E-state index is 0.0150. The van der Waals surface area contributed by atoms with Crippen LogP contribution in [0.1, 0.15) is 31.4 Å². The third-order valence-corrected chi connectivity index (χ3v) is 3.12. The molecular formula is C9H12N2O. The lowest BCUT2D eigenvalue weighted by molar-refractivity contribution is 0.00671.